The lowest BCUT2D eigenvalue weighted by Gasteiger charge is -2.33. The molecular formula is C19H28N4O. The molecule has 1 aromatic carbocycles. The Labute approximate surface area is 144 Å². The number of hydrogen-bond acceptors (Lipinski definition) is 5. The minimum Gasteiger partial charge on any atom is -0.424 e. The van der Waals surface area contributed by atoms with Crippen LogP contribution in [0, 0.1) is 6.92 Å². The van der Waals surface area contributed by atoms with Gasteiger partial charge in [0.15, 0.2) is 0 Å². The van der Waals surface area contributed by atoms with Crippen molar-refractivity contribution in [3.8, 4) is 0 Å². The van der Waals surface area contributed by atoms with Gasteiger partial charge < -0.3 is 9.73 Å². The highest BCUT2D eigenvalue weighted by Crippen LogP contribution is 2.21. The highest BCUT2D eigenvalue weighted by molar-refractivity contribution is 5.27. The highest BCUT2D eigenvalue weighted by Gasteiger charge is 2.19. The van der Waals surface area contributed by atoms with Gasteiger partial charge in [-0.15, -0.1) is 10.2 Å². The van der Waals surface area contributed by atoms with E-state index in [9.17, 15) is 0 Å². The Kier molecular flexibility index (Phi) is 5.63. The number of piperidine rings is 1. The molecule has 5 nitrogen and oxygen atoms in total. The van der Waals surface area contributed by atoms with E-state index in [1.807, 2.05) is 6.92 Å². The molecule has 5 heteroatoms. The molecule has 1 aliphatic rings. The molecule has 2 heterocycles. The maximum atomic E-state index is 5.51. The van der Waals surface area contributed by atoms with E-state index >= 15 is 0 Å². The van der Waals surface area contributed by atoms with Crippen molar-refractivity contribution in [1.29, 1.82) is 0 Å². The Bertz CT molecular complexity index is 654. The van der Waals surface area contributed by atoms with E-state index < -0.39 is 0 Å². The summed E-state index contributed by atoms with van der Waals surface area (Å²) in [6.45, 7) is 9.27. The third-order valence-electron chi connectivity index (χ3n) is 4.94. The van der Waals surface area contributed by atoms with Crippen LogP contribution in [0.2, 0.25) is 0 Å². The Hall–Kier alpha value is -1.72. The predicted octanol–water partition coefficient (Wildman–Crippen LogP) is 3.60. The molecule has 0 bridgehead atoms. The zero-order valence-corrected chi connectivity index (χ0v) is 15.0. The average Bonchev–Trinajstić information content (AvgIpc) is 3.02. The van der Waals surface area contributed by atoms with Crippen molar-refractivity contribution >= 4 is 0 Å². The van der Waals surface area contributed by atoms with E-state index in [2.05, 4.69) is 58.5 Å². The molecule has 1 N–H and O–H groups in total. The standard InChI is InChI=1S/C19H28N4O/c1-14-8-6-7-11-23(14)13-18-10-5-4-9-17(18)12-20-15(2)19-22-21-16(3)24-19/h4-5,9-10,14-15,20H,6-8,11-13H2,1-3H3/t14-,15-/m0/s1. The summed E-state index contributed by atoms with van der Waals surface area (Å²) in [6.07, 6.45) is 3.99. The van der Waals surface area contributed by atoms with Gasteiger partial charge in [-0.05, 0) is 44.4 Å². The zero-order valence-electron chi connectivity index (χ0n) is 15.0. The number of hydrogen-bond donors (Lipinski definition) is 1. The van der Waals surface area contributed by atoms with E-state index in [0.29, 0.717) is 17.8 Å². The van der Waals surface area contributed by atoms with Crippen molar-refractivity contribution in [3.05, 3.63) is 47.2 Å². The first-order valence-corrected chi connectivity index (χ1v) is 8.97. The molecule has 0 radical (unpaired) electrons. The van der Waals surface area contributed by atoms with Crippen LogP contribution in [-0.2, 0) is 13.1 Å². The first-order valence-electron chi connectivity index (χ1n) is 8.97. The summed E-state index contributed by atoms with van der Waals surface area (Å²) in [5.41, 5.74) is 2.76. The molecule has 1 fully saturated rings. The minimum absolute atomic E-state index is 0.0492. The Morgan fingerprint density at radius 3 is 2.75 bits per heavy atom. The van der Waals surface area contributed by atoms with Gasteiger partial charge in [0.2, 0.25) is 11.8 Å². The minimum atomic E-state index is 0.0492. The lowest BCUT2D eigenvalue weighted by molar-refractivity contribution is 0.152. The molecule has 0 spiro atoms. The van der Waals surface area contributed by atoms with Crippen LogP contribution in [0.1, 0.15) is 62.1 Å². The van der Waals surface area contributed by atoms with Gasteiger partial charge in [0, 0.05) is 26.1 Å². The van der Waals surface area contributed by atoms with Gasteiger partial charge in [0.25, 0.3) is 0 Å². The van der Waals surface area contributed by atoms with Crippen LogP contribution in [0.4, 0.5) is 0 Å². The zero-order chi connectivity index (χ0) is 16.9. The van der Waals surface area contributed by atoms with Gasteiger partial charge in [-0.25, -0.2) is 0 Å². The monoisotopic (exact) mass is 328 g/mol. The summed E-state index contributed by atoms with van der Waals surface area (Å²) in [5, 5.41) is 11.5. The second kappa shape index (κ2) is 7.90. The second-order valence-corrected chi connectivity index (χ2v) is 6.85. The quantitative estimate of drug-likeness (QED) is 0.878. The Balaban J connectivity index is 1.63. The normalized spacial score (nSPS) is 20.2. The molecule has 0 saturated carbocycles. The van der Waals surface area contributed by atoms with Crippen molar-refractivity contribution in [1.82, 2.24) is 20.4 Å². The van der Waals surface area contributed by atoms with Crippen LogP contribution in [0.3, 0.4) is 0 Å². The lowest BCUT2D eigenvalue weighted by Crippen LogP contribution is -2.37. The Morgan fingerprint density at radius 1 is 1.25 bits per heavy atom. The number of nitrogens with one attached hydrogen (secondary N) is 1. The molecule has 0 aliphatic carbocycles. The van der Waals surface area contributed by atoms with Crippen molar-refractivity contribution in [3.63, 3.8) is 0 Å². The molecule has 0 unspecified atom stereocenters. The summed E-state index contributed by atoms with van der Waals surface area (Å²) >= 11 is 0. The fraction of sp³-hybridized carbons (Fsp3) is 0.579. The molecule has 1 aromatic heterocycles. The lowest BCUT2D eigenvalue weighted by atomic mass is 10.0. The van der Waals surface area contributed by atoms with E-state index in [1.54, 1.807) is 0 Å². The van der Waals surface area contributed by atoms with Crippen LogP contribution in [0.15, 0.2) is 28.7 Å². The highest BCUT2D eigenvalue weighted by atomic mass is 16.4. The molecule has 3 rings (SSSR count). The number of rotatable bonds is 6. The fourth-order valence-electron chi connectivity index (χ4n) is 3.33. The summed E-state index contributed by atoms with van der Waals surface area (Å²) in [4.78, 5) is 2.60. The van der Waals surface area contributed by atoms with Crippen molar-refractivity contribution in [2.24, 2.45) is 0 Å². The molecule has 2 aromatic rings. The van der Waals surface area contributed by atoms with E-state index in [-0.39, 0.29) is 6.04 Å². The molecule has 1 aliphatic heterocycles. The van der Waals surface area contributed by atoms with E-state index in [4.69, 9.17) is 4.42 Å². The summed E-state index contributed by atoms with van der Waals surface area (Å²) in [5.74, 6) is 1.26. The fourth-order valence-corrected chi connectivity index (χ4v) is 3.33. The summed E-state index contributed by atoms with van der Waals surface area (Å²) in [7, 11) is 0. The number of likely N-dealkylation sites (tertiary alicyclic amines) is 1. The number of aromatic nitrogens is 2. The van der Waals surface area contributed by atoms with Gasteiger partial charge in [-0.2, -0.15) is 0 Å². The smallest absolute Gasteiger partial charge is 0.233 e. The van der Waals surface area contributed by atoms with Gasteiger partial charge in [-0.1, -0.05) is 30.7 Å². The van der Waals surface area contributed by atoms with Crippen molar-refractivity contribution in [2.45, 2.75) is 65.2 Å². The largest absolute Gasteiger partial charge is 0.424 e. The van der Waals surface area contributed by atoms with Crippen LogP contribution in [0.5, 0.6) is 0 Å². The molecule has 0 amide bonds. The second-order valence-electron chi connectivity index (χ2n) is 6.85. The number of aryl methyl sites for hydroxylation is 1. The third kappa shape index (κ3) is 4.22. The van der Waals surface area contributed by atoms with Crippen LogP contribution < -0.4 is 5.32 Å². The van der Waals surface area contributed by atoms with Crippen LogP contribution >= 0.6 is 0 Å². The first-order chi connectivity index (χ1) is 11.6. The van der Waals surface area contributed by atoms with Gasteiger partial charge in [0.1, 0.15) is 0 Å². The predicted molar refractivity (Wildman–Crippen MR) is 94.5 cm³/mol. The number of nitrogens with zero attached hydrogens (tertiary/aromatic N) is 3. The maximum Gasteiger partial charge on any atom is 0.233 e. The summed E-state index contributed by atoms with van der Waals surface area (Å²) < 4.78 is 5.51. The molecule has 130 valence electrons. The first kappa shape index (κ1) is 17.1. The average molecular weight is 328 g/mol. The van der Waals surface area contributed by atoms with Gasteiger partial charge in [-0.3, -0.25) is 4.90 Å². The molecule has 2 atom stereocenters. The number of benzene rings is 1. The maximum absolute atomic E-state index is 5.51. The van der Waals surface area contributed by atoms with Crippen molar-refractivity contribution < 1.29 is 4.42 Å². The topological polar surface area (TPSA) is 54.2 Å². The van der Waals surface area contributed by atoms with Gasteiger partial charge >= 0.3 is 0 Å². The van der Waals surface area contributed by atoms with E-state index in [0.717, 1.165) is 13.1 Å². The SMILES string of the molecule is Cc1nnc([C@H](C)NCc2ccccc2CN2CCCC[C@@H]2C)o1. The van der Waals surface area contributed by atoms with Crippen molar-refractivity contribution in [2.75, 3.05) is 6.54 Å². The van der Waals surface area contributed by atoms with Crippen LogP contribution in [-0.4, -0.2) is 27.7 Å². The third-order valence-corrected chi connectivity index (χ3v) is 4.94. The molecule has 24 heavy (non-hydrogen) atoms. The molecular weight excluding hydrogens is 300 g/mol. The van der Waals surface area contributed by atoms with E-state index in [1.165, 1.54) is 36.9 Å². The summed E-state index contributed by atoms with van der Waals surface area (Å²) in [6, 6.07) is 9.44. The van der Waals surface area contributed by atoms with Crippen LogP contribution in [0.25, 0.3) is 0 Å². The molecule has 1 saturated heterocycles. The van der Waals surface area contributed by atoms with Gasteiger partial charge in [0.05, 0.1) is 6.04 Å². The Morgan fingerprint density at radius 2 is 2.04 bits per heavy atom.